The molecule has 1 aromatic rings. The van der Waals surface area contributed by atoms with Crippen LogP contribution in [0.4, 0.5) is 10.5 Å². The minimum Gasteiger partial charge on any atom is -0.476 e. The van der Waals surface area contributed by atoms with Crippen molar-refractivity contribution >= 4 is 17.7 Å². The van der Waals surface area contributed by atoms with Crippen LogP contribution < -0.4 is 4.90 Å². The minimum atomic E-state index is -1.24. The van der Waals surface area contributed by atoms with Gasteiger partial charge in [0.15, 0.2) is 5.69 Å². The first-order valence-electron chi connectivity index (χ1n) is 4.76. The lowest BCUT2D eigenvalue weighted by Crippen LogP contribution is -2.31. The normalized spacial score (nSPS) is 9.81. The van der Waals surface area contributed by atoms with E-state index in [2.05, 4.69) is 4.98 Å². The Kier molecular flexibility index (Phi) is 3.82. The van der Waals surface area contributed by atoms with Gasteiger partial charge in [0, 0.05) is 12.7 Å². The molecule has 16 heavy (non-hydrogen) atoms. The second-order valence-corrected chi connectivity index (χ2v) is 3.11. The van der Waals surface area contributed by atoms with E-state index < -0.39 is 12.1 Å². The van der Waals surface area contributed by atoms with Crippen LogP contribution in [0.5, 0.6) is 0 Å². The van der Waals surface area contributed by atoms with E-state index in [0.717, 1.165) is 4.90 Å². The van der Waals surface area contributed by atoms with Gasteiger partial charge in [-0.05, 0) is 18.6 Å². The summed E-state index contributed by atoms with van der Waals surface area (Å²) in [4.78, 5) is 26.5. The predicted molar refractivity (Wildman–Crippen MR) is 56.9 cm³/mol. The molecule has 0 aliphatic carbocycles. The zero-order valence-corrected chi connectivity index (χ0v) is 8.75. The number of carbonyl (C=O) groups is 2. The number of anilines is 1. The van der Waals surface area contributed by atoms with Gasteiger partial charge in [-0.1, -0.05) is 6.92 Å². The third-order valence-electron chi connectivity index (χ3n) is 1.96. The Bertz CT molecular complexity index is 406. The second-order valence-electron chi connectivity index (χ2n) is 3.11. The highest BCUT2D eigenvalue weighted by atomic mass is 16.4. The minimum absolute atomic E-state index is 0.101. The molecule has 0 bridgehead atoms. The van der Waals surface area contributed by atoms with Gasteiger partial charge in [0.2, 0.25) is 0 Å². The quantitative estimate of drug-likeness (QED) is 0.811. The largest absolute Gasteiger partial charge is 0.476 e. The molecular weight excluding hydrogens is 212 g/mol. The number of amides is 1. The molecule has 0 atom stereocenters. The van der Waals surface area contributed by atoms with Gasteiger partial charge in [-0.2, -0.15) is 0 Å². The van der Waals surface area contributed by atoms with Crippen molar-refractivity contribution in [2.24, 2.45) is 0 Å². The number of rotatable bonds is 4. The molecule has 1 rings (SSSR count). The van der Waals surface area contributed by atoms with Gasteiger partial charge in [-0.3, -0.25) is 4.90 Å². The van der Waals surface area contributed by atoms with Crippen molar-refractivity contribution in [3.63, 3.8) is 0 Å². The average Bonchev–Trinajstić information content (AvgIpc) is 2.25. The van der Waals surface area contributed by atoms with Crippen molar-refractivity contribution in [3.05, 3.63) is 24.0 Å². The monoisotopic (exact) mass is 224 g/mol. The highest BCUT2D eigenvalue weighted by molar-refractivity contribution is 5.97. The molecule has 0 aliphatic heterocycles. The zero-order valence-electron chi connectivity index (χ0n) is 8.75. The van der Waals surface area contributed by atoms with Crippen LogP contribution in [-0.2, 0) is 0 Å². The molecule has 6 nitrogen and oxygen atoms in total. The summed E-state index contributed by atoms with van der Waals surface area (Å²) >= 11 is 0. The van der Waals surface area contributed by atoms with Crippen molar-refractivity contribution in [3.8, 4) is 0 Å². The first-order chi connectivity index (χ1) is 7.57. The molecule has 1 amide bonds. The van der Waals surface area contributed by atoms with Gasteiger partial charge in [-0.25, -0.2) is 14.6 Å². The van der Waals surface area contributed by atoms with Crippen molar-refractivity contribution in [1.82, 2.24) is 4.98 Å². The summed E-state index contributed by atoms with van der Waals surface area (Å²) in [6.45, 7) is 2.05. The molecule has 0 spiro atoms. The molecular formula is C10H12N2O4. The number of nitrogens with zero attached hydrogens (tertiary/aromatic N) is 2. The number of aromatic nitrogens is 1. The molecule has 1 aromatic heterocycles. The van der Waals surface area contributed by atoms with E-state index in [9.17, 15) is 9.59 Å². The summed E-state index contributed by atoms with van der Waals surface area (Å²) in [5, 5.41) is 17.9. The Hall–Kier alpha value is -2.11. The smallest absolute Gasteiger partial charge is 0.411 e. The Morgan fingerprint density at radius 1 is 1.44 bits per heavy atom. The molecule has 0 fully saturated rings. The van der Waals surface area contributed by atoms with Crippen molar-refractivity contribution in [2.45, 2.75) is 13.3 Å². The average molecular weight is 224 g/mol. The molecule has 6 heteroatoms. The number of carboxylic acid groups (broad SMARTS) is 2. The number of hydrogen-bond donors (Lipinski definition) is 2. The molecule has 86 valence electrons. The van der Waals surface area contributed by atoms with Crippen LogP contribution in [-0.4, -0.2) is 33.8 Å². The van der Waals surface area contributed by atoms with Gasteiger partial charge in [0.25, 0.3) is 0 Å². The summed E-state index contributed by atoms with van der Waals surface area (Å²) in [6.07, 6.45) is 0.733. The van der Waals surface area contributed by atoms with Crippen LogP contribution in [0.1, 0.15) is 23.8 Å². The topological polar surface area (TPSA) is 90.7 Å². The van der Waals surface area contributed by atoms with Crippen LogP contribution in [0, 0.1) is 0 Å². The Balaban J connectivity index is 3.17. The SMILES string of the molecule is CCCN(C(=O)O)c1cccnc1C(=O)O. The second kappa shape index (κ2) is 5.11. The predicted octanol–water partition coefficient (Wildman–Crippen LogP) is 1.67. The van der Waals surface area contributed by atoms with Crippen LogP contribution in [0.2, 0.25) is 0 Å². The fourth-order valence-corrected chi connectivity index (χ4v) is 1.32. The number of carboxylic acids is 1. The van der Waals surface area contributed by atoms with Gasteiger partial charge in [0.1, 0.15) is 0 Å². The molecule has 0 aliphatic rings. The summed E-state index contributed by atoms with van der Waals surface area (Å²) in [7, 11) is 0. The third-order valence-corrected chi connectivity index (χ3v) is 1.96. The lowest BCUT2D eigenvalue weighted by Gasteiger charge is -2.19. The number of aromatic carboxylic acids is 1. The highest BCUT2D eigenvalue weighted by Gasteiger charge is 2.20. The molecule has 2 N–H and O–H groups in total. The maximum absolute atomic E-state index is 11.0. The van der Waals surface area contributed by atoms with E-state index in [4.69, 9.17) is 10.2 Å². The van der Waals surface area contributed by atoms with E-state index in [-0.39, 0.29) is 17.9 Å². The van der Waals surface area contributed by atoms with E-state index >= 15 is 0 Å². The summed E-state index contributed by atoms with van der Waals surface area (Å²) < 4.78 is 0. The molecule has 0 saturated heterocycles. The lowest BCUT2D eigenvalue weighted by atomic mass is 10.2. The van der Waals surface area contributed by atoms with E-state index in [1.165, 1.54) is 18.3 Å². The summed E-state index contributed by atoms with van der Waals surface area (Å²) in [5.74, 6) is -1.24. The molecule has 0 aromatic carbocycles. The van der Waals surface area contributed by atoms with Gasteiger partial charge in [0.05, 0.1) is 5.69 Å². The maximum atomic E-state index is 11.0. The first kappa shape index (κ1) is 12.0. The van der Waals surface area contributed by atoms with E-state index in [1.54, 1.807) is 0 Å². The van der Waals surface area contributed by atoms with E-state index in [1.807, 2.05) is 6.92 Å². The van der Waals surface area contributed by atoms with Crippen molar-refractivity contribution < 1.29 is 19.8 Å². The summed E-state index contributed by atoms with van der Waals surface area (Å²) in [6, 6.07) is 2.94. The Labute approximate surface area is 92.1 Å². The van der Waals surface area contributed by atoms with Gasteiger partial charge in [-0.15, -0.1) is 0 Å². The number of hydrogen-bond acceptors (Lipinski definition) is 3. The molecule has 0 radical (unpaired) electrons. The third kappa shape index (κ3) is 2.47. The Morgan fingerprint density at radius 3 is 2.62 bits per heavy atom. The standard InChI is InChI=1S/C10H12N2O4/c1-2-6-12(10(15)16)7-4-3-5-11-8(7)9(13)14/h3-5H,2,6H2,1H3,(H,13,14)(H,15,16). The van der Waals surface area contributed by atoms with Crippen LogP contribution in [0.3, 0.4) is 0 Å². The molecule has 1 heterocycles. The summed E-state index contributed by atoms with van der Waals surface area (Å²) in [5.41, 5.74) is -0.150. The fraction of sp³-hybridized carbons (Fsp3) is 0.300. The molecule has 0 saturated carbocycles. The maximum Gasteiger partial charge on any atom is 0.411 e. The number of pyridine rings is 1. The van der Waals surface area contributed by atoms with E-state index in [0.29, 0.717) is 6.42 Å². The molecule has 0 unspecified atom stereocenters. The van der Waals surface area contributed by atoms with Crippen LogP contribution in [0.25, 0.3) is 0 Å². The first-order valence-corrected chi connectivity index (χ1v) is 4.76. The van der Waals surface area contributed by atoms with Crippen molar-refractivity contribution in [1.29, 1.82) is 0 Å². The van der Waals surface area contributed by atoms with Crippen LogP contribution in [0.15, 0.2) is 18.3 Å². The highest BCUT2D eigenvalue weighted by Crippen LogP contribution is 2.18. The van der Waals surface area contributed by atoms with Crippen LogP contribution >= 0.6 is 0 Å². The van der Waals surface area contributed by atoms with Crippen molar-refractivity contribution in [2.75, 3.05) is 11.4 Å². The fourth-order valence-electron chi connectivity index (χ4n) is 1.32. The zero-order chi connectivity index (χ0) is 12.1. The lowest BCUT2D eigenvalue weighted by molar-refractivity contribution is 0.0691. The van der Waals surface area contributed by atoms with Gasteiger partial charge < -0.3 is 10.2 Å². The Morgan fingerprint density at radius 2 is 2.12 bits per heavy atom. The van der Waals surface area contributed by atoms with Gasteiger partial charge >= 0.3 is 12.1 Å².